The molecule has 4 rings (SSSR count). The SMILES string of the molecule is CCN(CC)c1ccc(C=CC2CC(C=C(C)c3ccc(N(CC)CC)cc3)=NN2c2ccccn2)cc1. The molecular weight excluding hydrogens is 466 g/mol. The number of benzene rings is 2. The Balaban J connectivity index is 1.53. The first kappa shape index (κ1) is 27.2. The fraction of sp³-hybridized carbons (Fsp3) is 0.333. The minimum absolute atomic E-state index is 0.108. The maximum absolute atomic E-state index is 4.99. The fourth-order valence-corrected chi connectivity index (χ4v) is 4.97. The molecule has 1 aromatic heterocycles. The van der Waals surface area contributed by atoms with Crippen molar-refractivity contribution in [3.8, 4) is 0 Å². The van der Waals surface area contributed by atoms with E-state index in [2.05, 4.69) is 116 Å². The largest absolute Gasteiger partial charge is 0.372 e. The number of pyridine rings is 1. The van der Waals surface area contributed by atoms with Gasteiger partial charge in [0.05, 0.1) is 11.8 Å². The lowest BCUT2D eigenvalue weighted by Gasteiger charge is -2.21. The van der Waals surface area contributed by atoms with Crippen molar-refractivity contribution < 1.29 is 0 Å². The Morgan fingerprint density at radius 2 is 1.45 bits per heavy atom. The third-order valence-corrected chi connectivity index (χ3v) is 7.22. The molecular formula is C33H41N5. The van der Waals surface area contributed by atoms with Gasteiger partial charge < -0.3 is 9.80 Å². The molecule has 0 fully saturated rings. The second kappa shape index (κ2) is 13.1. The van der Waals surface area contributed by atoms with Crippen LogP contribution in [0, 0.1) is 0 Å². The van der Waals surface area contributed by atoms with Crippen LogP contribution in [0.15, 0.2) is 90.2 Å². The predicted octanol–water partition coefficient (Wildman–Crippen LogP) is 7.53. The van der Waals surface area contributed by atoms with Gasteiger partial charge in [0, 0.05) is 50.2 Å². The smallest absolute Gasteiger partial charge is 0.149 e. The number of hydrazone groups is 1. The molecule has 0 saturated carbocycles. The van der Waals surface area contributed by atoms with Crippen molar-refractivity contribution in [2.24, 2.45) is 5.10 Å². The average molecular weight is 508 g/mol. The lowest BCUT2D eigenvalue weighted by atomic mass is 10.0. The van der Waals surface area contributed by atoms with E-state index < -0.39 is 0 Å². The van der Waals surface area contributed by atoms with Gasteiger partial charge in [0.25, 0.3) is 0 Å². The highest BCUT2D eigenvalue weighted by atomic mass is 15.5. The van der Waals surface area contributed by atoms with E-state index in [0.29, 0.717) is 0 Å². The summed E-state index contributed by atoms with van der Waals surface area (Å²) in [4.78, 5) is 9.31. The molecule has 0 bridgehead atoms. The fourth-order valence-electron chi connectivity index (χ4n) is 4.97. The molecule has 2 heterocycles. The molecule has 0 radical (unpaired) electrons. The molecule has 1 aliphatic heterocycles. The van der Waals surface area contributed by atoms with Crippen molar-refractivity contribution in [1.82, 2.24) is 4.98 Å². The summed E-state index contributed by atoms with van der Waals surface area (Å²) in [6.45, 7) is 15.0. The van der Waals surface area contributed by atoms with E-state index in [4.69, 9.17) is 5.10 Å². The Hall–Kier alpha value is -3.86. The first-order valence-corrected chi connectivity index (χ1v) is 13.9. The highest BCUT2D eigenvalue weighted by molar-refractivity contribution is 6.03. The van der Waals surface area contributed by atoms with Crippen molar-refractivity contribution in [3.05, 3.63) is 96.2 Å². The summed E-state index contributed by atoms with van der Waals surface area (Å²) in [6, 6.07) is 23.7. The lowest BCUT2D eigenvalue weighted by Crippen LogP contribution is -2.24. The summed E-state index contributed by atoms with van der Waals surface area (Å²) in [6.07, 6.45) is 9.33. The van der Waals surface area contributed by atoms with Crippen LogP contribution in [0.3, 0.4) is 0 Å². The molecule has 2 aromatic carbocycles. The van der Waals surface area contributed by atoms with Gasteiger partial charge in [-0.1, -0.05) is 42.5 Å². The van der Waals surface area contributed by atoms with Gasteiger partial charge in [-0.15, -0.1) is 0 Å². The van der Waals surface area contributed by atoms with Crippen LogP contribution >= 0.6 is 0 Å². The van der Waals surface area contributed by atoms with Crippen LogP contribution in [0.2, 0.25) is 0 Å². The van der Waals surface area contributed by atoms with Gasteiger partial charge in [0.2, 0.25) is 0 Å². The summed E-state index contributed by atoms with van der Waals surface area (Å²) < 4.78 is 0. The van der Waals surface area contributed by atoms with Crippen LogP contribution in [-0.2, 0) is 0 Å². The highest BCUT2D eigenvalue weighted by Gasteiger charge is 2.25. The Morgan fingerprint density at radius 3 is 2.00 bits per heavy atom. The van der Waals surface area contributed by atoms with Gasteiger partial charge in [-0.05, 0) is 93.8 Å². The van der Waals surface area contributed by atoms with E-state index >= 15 is 0 Å². The van der Waals surface area contributed by atoms with E-state index in [0.717, 1.165) is 44.1 Å². The van der Waals surface area contributed by atoms with Crippen molar-refractivity contribution in [3.63, 3.8) is 0 Å². The Kier molecular flexibility index (Phi) is 9.36. The van der Waals surface area contributed by atoms with Crippen LogP contribution in [0.4, 0.5) is 17.2 Å². The van der Waals surface area contributed by atoms with Crippen LogP contribution < -0.4 is 14.8 Å². The molecule has 0 aliphatic carbocycles. The maximum atomic E-state index is 4.99. The lowest BCUT2D eigenvalue weighted by molar-refractivity contribution is 0.776. The number of allylic oxidation sites excluding steroid dienone is 2. The number of aromatic nitrogens is 1. The Labute approximate surface area is 228 Å². The molecule has 0 saturated heterocycles. The average Bonchev–Trinajstić information content (AvgIpc) is 3.37. The third-order valence-electron chi connectivity index (χ3n) is 7.22. The van der Waals surface area contributed by atoms with Gasteiger partial charge in [0.15, 0.2) is 0 Å². The minimum atomic E-state index is 0.108. The van der Waals surface area contributed by atoms with Crippen molar-refractivity contribution in [1.29, 1.82) is 0 Å². The molecule has 198 valence electrons. The van der Waals surface area contributed by atoms with Gasteiger partial charge >= 0.3 is 0 Å². The molecule has 0 N–H and O–H groups in total. The summed E-state index contributed by atoms with van der Waals surface area (Å²) in [5, 5.41) is 7.04. The standard InChI is InChI=1S/C33H41N5/c1-6-36(7-2)30-18-13-27(14-19-30)15-20-32-25-29(35-38(32)33-12-10-11-23-34-33)24-26(5)28-16-21-31(22-17-28)37(8-3)9-4/h10-24,32H,6-9,25H2,1-5H3. The summed E-state index contributed by atoms with van der Waals surface area (Å²) in [5.41, 5.74) is 7.22. The van der Waals surface area contributed by atoms with Crippen molar-refractivity contribution in [2.45, 2.75) is 47.1 Å². The highest BCUT2D eigenvalue weighted by Crippen LogP contribution is 2.27. The summed E-state index contributed by atoms with van der Waals surface area (Å²) in [7, 11) is 0. The minimum Gasteiger partial charge on any atom is -0.372 e. The zero-order valence-electron chi connectivity index (χ0n) is 23.5. The van der Waals surface area contributed by atoms with Crippen molar-refractivity contribution in [2.75, 3.05) is 41.0 Å². The predicted molar refractivity (Wildman–Crippen MR) is 165 cm³/mol. The molecule has 1 unspecified atom stereocenters. The van der Waals surface area contributed by atoms with Gasteiger partial charge in [-0.3, -0.25) is 0 Å². The molecule has 5 heteroatoms. The van der Waals surface area contributed by atoms with Gasteiger partial charge in [-0.2, -0.15) is 5.10 Å². The van der Waals surface area contributed by atoms with E-state index in [9.17, 15) is 0 Å². The van der Waals surface area contributed by atoms with Gasteiger partial charge in [0.1, 0.15) is 5.82 Å². The van der Waals surface area contributed by atoms with E-state index in [1.165, 1.54) is 28.1 Å². The van der Waals surface area contributed by atoms with Crippen LogP contribution in [-0.4, -0.2) is 42.9 Å². The zero-order valence-corrected chi connectivity index (χ0v) is 23.5. The number of hydrogen-bond acceptors (Lipinski definition) is 5. The van der Waals surface area contributed by atoms with Gasteiger partial charge in [-0.25, -0.2) is 9.99 Å². The monoisotopic (exact) mass is 507 g/mol. The first-order chi connectivity index (χ1) is 18.6. The number of rotatable bonds is 11. The molecule has 1 atom stereocenters. The van der Waals surface area contributed by atoms with Crippen molar-refractivity contribution >= 4 is 34.6 Å². The number of hydrogen-bond donors (Lipinski definition) is 0. The van der Waals surface area contributed by atoms with Crippen LogP contribution in [0.1, 0.15) is 52.2 Å². The topological polar surface area (TPSA) is 35.0 Å². The molecule has 3 aromatic rings. The Bertz CT molecular complexity index is 1230. The quantitative estimate of drug-likeness (QED) is 0.269. The first-order valence-electron chi connectivity index (χ1n) is 13.9. The van der Waals surface area contributed by atoms with E-state index in [-0.39, 0.29) is 6.04 Å². The second-order valence-electron chi connectivity index (χ2n) is 9.56. The van der Waals surface area contributed by atoms with E-state index in [1.54, 1.807) is 0 Å². The second-order valence-corrected chi connectivity index (χ2v) is 9.56. The van der Waals surface area contributed by atoms with E-state index in [1.807, 2.05) is 29.4 Å². The molecule has 0 spiro atoms. The summed E-state index contributed by atoms with van der Waals surface area (Å²) >= 11 is 0. The molecule has 38 heavy (non-hydrogen) atoms. The molecule has 5 nitrogen and oxygen atoms in total. The Morgan fingerprint density at radius 1 is 0.842 bits per heavy atom. The van der Waals surface area contributed by atoms with Crippen LogP contribution in [0.25, 0.3) is 11.6 Å². The third kappa shape index (κ3) is 6.52. The van der Waals surface area contributed by atoms with Crippen LogP contribution in [0.5, 0.6) is 0 Å². The number of nitrogens with zero attached hydrogens (tertiary/aromatic N) is 5. The zero-order chi connectivity index (χ0) is 26.9. The maximum Gasteiger partial charge on any atom is 0.149 e. The number of anilines is 3. The molecule has 1 aliphatic rings. The molecule has 0 amide bonds. The normalized spacial score (nSPS) is 15.7. The summed E-state index contributed by atoms with van der Waals surface area (Å²) in [5.74, 6) is 0.864.